The number of guanidine groups is 1. The Bertz CT molecular complexity index is 598. The molecule has 3 rings (SSSR count). The molecule has 2 saturated heterocycles. The van der Waals surface area contributed by atoms with E-state index in [9.17, 15) is 18.0 Å². The molecule has 2 N–H and O–H groups in total. The van der Waals surface area contributed by atoms with Crippen molar-refractivity contribution < 1.29 is 18.0 Å². The number of alkyl halides is 3. The summed E-state index contributed by atoms with van der Waals surface area (Å²) in [6.07, 6.45) is 3.09. The normalized spacial score (nSPS) is 26.1. The van der Waals surface area contributed by atoms with Gasteiger partial charge in [0, 0.05) is 44.7 Å². The molecular weight excluding hydrogens is 522 g/mol. The second kappa shape index (κ2) is 12.5. The molecule has 0 spiro atoms. The summed E-state index contributed by atoms with van der Waals surface area (Å²) in [5.41, 5.74) is 0. The maximum atomic E-state index is 12.8. The van der Waals surface area contributed by atoms with Gasteiger partial charge in [-0.3, -0.25) is 14.7 Å². The number of aliphatic imine (C=N–C) groups is 1. The van der Waals surface area contributed by atoms with Gasteiger partial charge in [0.15, 0.2) is 5.96 Å². The van der Waals surface area contributed by atoms with E-state index in [1.54, 1.807) is 0 Å². The first kappa shape index (κ1) is 26.5. The highest BCUT2D eigenvalue weighted by atomic mass is 127. The fourth-order valence-corrected chi connectivity index (χ4v) is 4.88. The molecule has 1 aliphatic carbocycles. The van der Waals surface area contributed by atoms with Crippen molar-refractivity contribution in [3.05, 3.63) is 0 Å². The van der Waals surface area contributed by atoms with E-state index in [1.807, 2.05) is 11.8 Å². The van der Waals surface area contributed by atoms with Crippen LogP contribution in [-0.2, 0) is 4.79 Å². The van der Waals surface area contributed by atoms with E-state index < -0.39 is 12.7 Å². The van der Waals surface area contributed by atoms with Crippen molar-refractivity contribution in [3.63, 3.8) is 0 Å². The predicted molar refractivity (Wildman–Crippen MR) is 127 cm³/mol. The zero-order chi connectivity index (χ0) is 21.6. The lowest BCUT2D eigenvalue weighted by molar-refractivity contribution is -0.143. The number of halogens is 4. The number of hydrogen-bond donors (Lipinski definition) is 2. The number of rotatable bonds is 6. The first-order valence-electron chi connectivity index (χ1n) is 11.5. The van der Waals surface area contributed by atoms with Crippen molar-refractivity contribution in [1.82, 2.24) is 20.4 Å². The van der Waals surface area contributed by atoms with Gasteiger partial charge in [-0.25, -0.2) is 0 Å². The SMILES string of the molecule is CCNC(=NCC1CCN(CC(F)(F)F)C1)NC1CCN(C(=O)C2CCCCC2)C1.I. The van der Waals surface area contributed by atoms with Gasteiger partial charge in [0.25, 0.3) is 0 Å². The van der Waals surface area contributed by atoms with Crippen molar-refractivity contribution in [2.24, 2.45) is 16.8 Å². The van der Waals surface area contributed by atoms with E-state index in [4.69, 9.17) is 0 Å². The van der Waals surface area contributed by atoms with Crippen molar-refractivity contribution in [3.8, 4) is 0 Å². The standard InChI is InChI=1S/C21H36F3N5O.HI/c1-2-25-20(26-12-16-8-10-28(13-16)15-21(22,23)24)27-18-9-11-29(14-18)19(30)17-6-4-3-5-7-17;/h16-18H,2-15H2,1H3,(H2,25,26,27);1H. The van der Waals surface area contributed by atoms with E-state index in [0.717, 1.165) is 45.1 Å². The molecule has 0 aromatic carbocycles. The van der Waals surface area contributed by atoms with E-state index in [0.29, 0.717) is 44.6 Å². The van der Waals surface area contributed by atoms with Crippen LogP contribution in [0, 0.1) is 11.8 Å². The Labute approximate surface area is 200 Å². The summed E-state index contributed by atoms with van der Waals surface area (Å²) >= 11 is 0. The minimum atomic E-state index is -4.14. The molecule has 180 valence electrons. The maximum Gasteiger partial charge on any atom is 0.401 e. The summed E-state index contributed by atoms with van der Waals surface area (Å²) in [5.74, 6) is 1.34. The van der Waals surface area contributed by atoms with Crippen LogP contribution in [-0.4, -0.2) is 79.7 Å². The molecular formula is C21H37F3IN5O. The van der Waals surface area contributed by atoms with Gasteiger partial charge >= 0.3 is 6.18 Å². The molecule has 0 radical (unpaired) electrons. The molecule has 0 aromatic heterocycles. The van der Waals surface area contributed by atoms with Gasteiger partial charge in [-0.2, -0.15) is 13.2 Å². The number of nitrogens with zero attached hydrogens (tertiary/aromatic N) is 3. The third kappa shape index (κ3) is 8.58. The zero-order valence-corrected chi connectivity index (χ0v) is 20.8. The minimum Gasteiger partial charge on any atom is -0.357 e. The van der Waals surface area contributed by atoms with Gasteiger partial charge in [-0.15, -0.1) is 24.0 Å². The molecule has 3 aliphatic rings. The zero-order valence-electron chi connectivity index (χ0n) is 18.4. The highest BCUT2D eigenvalue weighted by Crippen LogP contribution is 2.27. The third-order valence-electron chi connectivity index (χ3n) is 6.42. The predicted octanol–water partition coefficient (Wildman–Crippen LogP) is 3.22. The van der Waals surface area contributed by atoms with Crippen LogP contribution >= 0.6 is 24.0 Å². The average Bonchev–Trinajstić information content (AvgIpc) is 3.34. The van der Waals surface area contributed by atoms with Crippen molar-refractivity contribution in [2.75, 3.05) is 45.8 Å². The molecule has 2 atom stereocenters. The van der Waals surface area contributed by atoms with Gasteiger partial charge in [-0.05, 0) is 45.1 Å². The Hall–Kier alpha value is -0.780. The van der Waals surface area contributed by atoms with Gasteiger partial charge in [0.05, 0.1) is 6.54 Å². The second-order valence-electron chi connectivity index (χ2n) is 8.97. The van der Waals surface area contributed by atoms with E-state index in [2.05, 4.69) is 15.6 Å². The Balaban J connectivity index is 0.00000341. The number of hydrogen-bond acceptors (Lipinski definition) is 3. The number of carbonyl (C=O) groups excluding carboxylic acids is 1. The molecule has 31 heavy (non-hydrogen) atoms. The molecule has 3 fully saturated rings. The first-order valence-corrected chi connectivity index (χ1v) is 11.5. The van der Waals surface area contributed by atoms with Crippen LogP contribution in [0.4, 0.5) is 13.2 Å². The first-order chi connectivity index (χ1) is 14.3. The summed E-state index contributed by atoms with van der Waals surface area (Å²) in [6, 6.07) is 0.167. The summed E-state index contributed by atoms with van der Waals surface area (Å²) in [5, 5.41) is 6.66. The van der Waals surface area contributed by atoms with Crippen LogP contribution < -0.4 is 10.6 Å². The van der Waals surface area contributed by atoms with Crippen LogP contribution in [0.2, 0.25) is 0 Å². The van der Waals surface area contributed by atoms with E-state index in [-0.39, 0.29) is 41.9 Å². The molecule has 0 aromatic rings. The number of amides is 1. The Morgan fingerprint density at radius 1 is 1.06 bits per heavy atom. The second-order valence-corrected chi connectivity index (χ2v) is 8.97. The lowest BCUT2D eigenvalue weighted by atomic mass is 9.88. The van der Waals surface area contributed by atoms with Gasteiger partial charge in [0.2, 0.25) is 5.91 Å². The summed E-state index contributed by atoms with van der Waals surface area (Å²) in [4.78, 5) is 20.8. The van der Waals surface area contributed by atoms with Gasteiger partial charge in [0.1, 0.15) is 0 Å². The number of nitrogens with one attached hydrogen (secondary N) is 2. The summed E-state index contributed by atoms with van der Waals surface area (Å²) in [7, 11) is 0. The average molecular weight is 559 g/mol. The Morgan fingerprint density at radius 2 is 1.81 bits per heavy atom. The fraction of sp³-hybridized carbons (Fsp3) is 0.905. The van der Waals surface area contributed by atoms with Crippen LogP contribution in [0.1, 0.15) is 51.9 Å². The quantitative estimate of drug-likeness (QED) is 0.298. The van der Waals surface area contributed by atoms with Gasteiger partial charge < -0.3 is 15.5 Å². The molecule has 0 bridgehead atoms. The largest absolute Gasteiger partial charge is 0.401 e. The number of carbonyl (C=O) groups is 1. The van der Waals surface area contributed by atoms with Crippen molar-refractivity contribution in [2.45, 2.75) is 64.1 Å². The van der Waals surface area contributed by atoms with Crippen LogP contribution in [0.15, 0.2) is 4.99 Å². The summed E-state index contributed by atoms with van der Waals surface area (Å²) < 4.78 is 37.7. The smallest absolute Gasteiger partial charge is 0.357 e. The van der Waals surface area contributed by atoms with Crippen molar-refractivity contribution in [1.29, 1.82) is 0 Å². The lowest BCUT2D eigenvalue weighted by Crippen LogP contribution is -2.45. The Morgan fingerprint density at radius 3 is 2.48 bits per heavy atom. The topological polar surface area (TPSA) is 60.0 Å². The molecule has 1 amide bonds. The van der Waals surface area contributed by atoms with Gasteiger partial charge in [-0.1, -0.05) is 19.3 Å². The highest BCUT2D eigenvalue weighted by molar-refractivity contribution is 14.0. The van der Waals surface area contributed by atoms with Crippen LogP contribution in [0.3, 0.4) is 0 Å². The van der Waals surface area contributed by atoms with Crippen LogP contribution in [0.5, 0.6) is 0 Å². The number of likely N-dealkylation sites (tertiary alicyclic amines) is 2. The maximum absolute atomic E-state index is 12.8. The van der Waals surface area contributed by atoms with Crippen molar-refractivity contribution >= 4 is 35.8 Å². The third-order valence-corrected chi connectivity index (χ3v) is 6.42. The highest BCUT2D eigenvalue weighted by Gasteiger charge is 2.34. The van der Waals surface area contributed by atoms with E-state index in [1.165, 1.54) is 11.3 Å². The van der Waals surface area contributed by atoms with E-state index >= 15 is 0 Å². The molecule has 2 unspecified atom stereocenters. The van der Waals surface area contributed by atoms with Crippen LogP contribution in [0.25, 0.3) is 0 Å². The molecule has 6 nitrogen and oxygen atoms in total. The molecule has 10 heteroatoms. The molecule has 1 saturated carbocycles. The lowest BCUT2D eigenvalue weighted by Gasteiger charge is -2.26. The molecule has 2 heterocycles. The summed E-state index contributed by atoms with van der Waals surface area (Å²) in [6.45, 7) is 4.78. The monoisotopic (exact) mass is 559 g/mol. The fourth-order valence-electron chi connectivity index (χ4n) is 4.88. The Kier molecular flexibility index (Phi) is 10.6. The minimum absolute atomic E-state index is 0. The molecule has 2 aliphatic heterocycles.